The lowest BCUT2D eigenvalue weighted by atomic mass is 9.94. The molecule has 1 aromatic carbocycles. The fourth-order valence-corrected chi connectivity index (χ4v) is 6.23. The molecule has 3 atom stereocenters. The zero-order valence-corrected chi connectivity index (χ0v) is 16.8. The highest BCUT2D eigenvalue weighted by Gasteiger charge is 2.52. The van der Waals surface area contributed by atoms with Gasteiger partial charge >= 0.3 is 0 Å². The molecular formula is C21H29NO3S. The van der Waals surface area contributed by atoms with Crippen LogP contribution in [0, 0.1) is 17.3 Å². The van der Waals surface area contributed by atoms with Crippen molar-refractivity contribution in [1.82, 2.24) is 0 Å². The maximum Gasteiger partial charge on any atom is 0.168 e. The van der Waals surface area contributed by atoms with Crippen LogP contribution in [0.15, 0.2) is 50.6 Å². The summed E-state index contributed by atoms with van der Waals surface area (Å²) >= 11 is 0. The minimum Gasteiger partial charge on any atom is -0.349 e. The van der Waals surface area contributed by atoms with Crippen LogP contribution < -0.4 is 0 Å². The van der Waals surface area contributed by atoms with Crippen LogP contribution in [0.2, 0.25) is 0 Å². The monoisotopic (exact) mass is 375 g/mol. The minimum atomic E-state index is -2.47. The molecular weight excluding hydrogens is 346 g/mol. The number of hydrogen-bond acceptors (Lipinski definition) is 4. The van der Waals surface area contributed by atoms with Gasteiger partial charge in [0, 0.05) is 30.7 Å². The summed E-state index contributed by atoms with van der Waals surface area (Å²) in [6, 6.07) is 9.60. The van der Waals surface area contributed by atoms with Gasteiger partial charge in [0.15, 0.2) is 5.79 Å². The summed E-state index contributed by atoms with van der Waals surface area (Å²) in [5.41, 5.74) is 1.39. The first-order chi connectivity index (χ1) is 12.3. The lowest BCUT2D eigenvalue weighted by Crippen LogP contribution is -2.46. The smallest absolute Gasteiger partial charge is 0.168 e. The summed E-state index contributed by atoms with van der Waals surface area (Å²) in [7, 11) is -0.813. The Labute approximate surface area is 157 Å². The second-order valence-corrected chi connectivity index (χ2v) is 11.0. The Morgan fingerprint density at radius 1 is 1.08 bits per heavy atom. The van der Waals surface area contributed by atoms with Crippen molar-refractivity contribution in [3.63, 3.8) is 0 Å². The summed E-state index contributed by atoms with van der Waals surface area (Å²) in [4.78, 5) is 0.796. The Morgan fingerprint density at radius 3 is 2.19 bits per heavy atom. The fraction of sp³-hybridized carbons (Fsp3) is 0.619. The van der Waals surface area contributed by atoms with Crippen molar-refractivity contribution in [2.24, 2.45) is 21.6 Å². The van der Waals surface area contributed by atoms with Crippen LogP contribution in [0.5, 0.6) is 0 Å². The van der Waals surface area contributed by atoms with Crippen molar-refractivity contribution < 1.29 is 13.7 Å². The van der Waals surface area contributed by atoms with Gasteiger partial charge in [-0.25, -0.2) is 8.57 Å². The minimum absolute atomic E-state index is 0.109. The molecule has 1 spiro atoms. The number of rotatable bonds is 2. The number of benzene rings is 1. The van der Waals surface area contributed by atoms with Crippen LogP contribution in [-0.4, -0.2) is 30.3 Å². The first kappa shape index (κ1) is 18.2. The molecule has 4 rings (SSSR count). The van der Waals surface area contributed by atoms with Gasteiger partial charge in [0.25, 0.3) is 0 Å². The number of hydrogen-bond donors (Lipinski definition) is 0. The molecule has 142 valence electrons. The molecule has 5 heteroatoms. The predicted molar refractivity (Wildman–Crippen MR) is 103 cm³/mol. The Bertz CT molecular complexity index is 793. The molecule has 1 aliphatic heterocycles. The van der Waals surface area contributed by atoms with Gasteiger partial charge < -0.3 is 9.47 Å². The van der Waals surface area contributed by atoms with Crippen LogP contribution in [-0.2, 0) is 19.2 Å². The summed E-state index contributed by atoms with van der Waals surface area (Å²) in [6.45, 7) is 5.91. The lowest BCUT2D eigenvalue weighted by molar-refractivity contribution is -0.297. The molecule has 1 saturated heterocycles. The van der Waals surface area contributed by atoms with E-state index in [1.54, 1.807) is 7.05 Å². The van der Waals surface area contributed by atoms with Crippen LogP contribution in [0.3, 0.4) is 0 Å². The maximum absolute atomic E-state index is 13.3. The topological polar surface area (TPSA) is 47.9 Å². The van der Waals surface area contributed by atoms with E-state index < -0.39 is 9.73 Å². The van der Waals surface area contributed by atoms with Gasteiger partial charge in [-0.15, -0.1) is 0 Å². The number of nitrogens with zero attached hydrogens (tertiary/aromatic N) is 1. The Morgan fingerprint density at radius 2 is 1.65 bits per heavy atom. The van der Waals surface area contributed by atoms with Crippen LogP contribution >= 0.6 is 0 Å². The molecule has 0 bridgehead atoms. The first-order valence-corrected chi connectivity index (χ1v) is 11.1. The predicted octanol–water partition coefficient (Wildman–Crippen LogP) is 4.62. The molecule has 1 heterocycles. The number of allylic oxidation sites excluding steroid dienone is 1. The summed E-state index contributed by atoms with van der Waals surface area (Å²) in [5, 5.41) is 1.94. The molecule has 3 aliphatic rings. The third-order valence-corrected chi connectivity index (χ3v) is 8.14. The molecule has 0 aromatic heterocycles. The largest absolute Gasteiger partial charge is 0.349 e. The molecule has 0 radical (unpaired) electrons. The molecule has 4 nitrogen and oxygen atoms in total. The normalized spacial score (nSPS) is 33.1. The molecule has 0 amide bonds. The molecule has 3 fully saturated rings. The molecule has 2 saturated carbocycles. The first-order valence-electron chi connectivity index (χ1n) is 9.51. The highest BCUT2D eigenvalue weighted by Crippen LogP contribution is 2.54. The van der Waals surface area contributed by atoms with Gasteiger partial charge in [0.1, 0.15) is 0 Å². The Balaban J connectivity index is 1.48. The van der Waals surface area contributed by atoms with E-state index in [0.29, 0.717) is 11.8 Å². The van der Waals surface area contributed by atoms with Crippen molar-refractivity contribution in [3.8, 4) is 0 Å². The van der Waals surface area contributed by atoms with E-state index in [2.05, 4.69) is 18.2 Å². The highest BCUT2D eigenvalue weighted by molar-refractivity contribution is 7.96. The van der Waals surface area contributed by atoms with Gasteiger partial charge in [-0.05, 0) is 36.8 Å². The average Bonchev–Trinajstić information content (AvgIpc) is 3.14. The van der Waals surface area contributed by atoms with Crippen molar-refractivity contribution in [2.75, 3.05) is 20.3 Å². The van der Waals surface area contributed by atoms with Crippen LogP contribution in [0.4, 0.5) is 0 Å². The zero-order valence-electron chi connectivity index (χ0n) is 15.9. The maximum atomic E-state index is 13.3. The van der Waals surface area contributed by atoms with E-state index in [1.165, 1.54) is 5.57 Å². The van der Waals surface area contributed by atoms with Crippen molar-refractivity contribution in [2.45, 2.75) is 50.2 Å². The lowest BCUT2D eigenvalue weighted by Gasteiger charge is -2.42. The SMILES string of the molecule is CN=[S@](=O)(C=C1C[C@@H]2CC3(C[C@@H]2C1)OCC(C)(C)CO3)c1ccccc1. The molecule has 0 N–H and O–H groups in total. The molecule has 0 unspecified atom stereocenters. The summed E-state index contributed by atoms with van der Waals surface area (Å²) in [5.74, 6) is 0.768. The van der Waals surface area contributed by atoms with Gasteiger partial charge in [-0.2, -0.15) is 0 Å². The van der Waals surface area contributed by atoms with Gasteiger partial charge in [0.05, 0.1) is 27.8 Å². The van der Waals surface area contributed by atoms with Gasteiger partial charge in [0.2, 0.25) is 0 Å². The third kappa shape index (κ3) is 3.37. The van der Waals surface area contributed by atoms with E-state index in [0.717, 1.165) is 43.8 Å². The average molecular weight is 376 g/mol. The van der Waals surface area contributed by atoms with E-state index >= 15 is 0 Å². The zero-order chi connectivity index (χ0) is 18.4. The fourth-order valence-electron chi connectivity index (χ4n) is 4.59. The second kappa shape index (κ2) is 6.47. The molecule has 26 heavy (non-hydrogen) atoms. The Kier molecular flexibility index (Phi) is 4.53. The summed E-state index contributed by atoms with van der Waals surface area (Å²) < 4.78 is 29.9. The van der Waals surface area contributed by atoms with Gasteiger partial charge in [-0.3, -0.25) is 0 Å². The summed E-state index contributed by atoms with van der Waals surface area (Å²) in [6.07, 6.45) is 3.89. The second-order valence-electron chi connectivity index (χ2n) is 8.83. The van der Waals surface area contributed by atoms with Crippen LogP contribution in [0.25, 0.3) is 0 Å². The van der Waals surface area contributed by atoms with Crippen molar-refractivity contribution >= 4 is 9.73 Å². The molecule has 1 aromatic rings. The van der Waals surface area contributed by atoms with E-state index in [1.807, 2.05) is 35.7 Å². The third-order valence-electron chi connectivity index (χ3n) is 5.99. The van der Waals surface area contributed by atoms with Crippen molar-refractivity contribution in [3.05, 3.63) is 41.3 Å². The van der Waals surface area contributed by atoms with Crippen LogP contribution in [0.1, 0.15) is 39.5 Å². The standard InChI is InChI=1S/C21H29NO3S/c1-20(2)14-24-21(25-15-20)11-17-9-16(10-18(17)12-21)13-26(23,22-3)19-7-5-4-6-8-19/h4-8,13,17-18H,9-12,14-15H2,1-3H3/t17-,18+,26-/m0/s1. The van der Waals surface area contributed by atoms with Gasteiger partial charge in [-0.1, -0.05) is 37.6 Å². The van der Waals surface area contributed by atoms with E-state index in [-0.39, 0.29) is 11.2 Å². The molecule has 2 aliphatic carbocycles. The van der Waals surface area contributed by atoms with E-state index in [4.69, 9.17) is 9.47 Å². The quantitative estimate of drug-likeness (QED) is 0.758. The number of ether oxygens (including phenoxy) is 2. The van der Waals surface area contributed by atoms with E-state index in [9.17, 15) is 4.21 Å². The van der Waals surface area contributed by atoms with Crippen molar-refractivity contribution in [1.29, 1.82) is 0 Å². The highest BCUT2D eigenvalue weighted by atomic mass is 32.2. The Hall–Kier alpha value is -1.17. The number of fused-ring (bicyclic) bond motifs is 1.